The average Bonchev–Trinajstić information content (AvgIpc) is 2.91. The first-order chi connectivity index (χ1) is 17.0. The number of carbonyl (C=O) groups excluding carboxylic acids is 1. The van der Waals surface area contributed by atoms with Crippen molar-refractivity contribution in [3.05, 3.63) is 90.0 Å². The molecule has 184 valence electrons. The van der Waals surface area contributed by atoms with Crippen molar-refractivity contribution in [2.75, 3.05) is 26.2 Å². The Morgan fingerprint density at radius 2 is 1.51 bits per heavy atom. The molecule has 0 aromatic heterocycles. The molecule has 0 bridgehead atoms. The van der Waals surface area contributed by atoms with Gasteiger partial charge in [-0.15, -0.1) is 0 Å². The average molecular weight is 495 g/mol. The van der Waals surface area contributed by atoms with E-state index in [0.29, 0.717) is 43.3 Å². The van der Waals surface area contributed by atoms with Crippen LogP contribution in [0.1, 0.15) is 35.2 Å². The van der Waals surface area contributed by atoms with Crippen molar-refractivity contribution in [2.24, 2.45) is 0 Å². The van der Waals surface area contributed by atoms with Crippen LogP contribution in [0, 0.1) is 0 Å². The molecule has 1 amide bonds. The second kappa shape index (κ2) is 11.9. The van der Waals surface area contributed by atoms with Gasteiger partial charge in [-0.05, 0) is 54.8 Å². The SMILES string of the molecule is O=C(NCCOc1ccc(S(=O)(=O)N2CCCCC2)cc1)c1ccccc1OCc1ccccc1. The van der Waals surface area contributed by atoms with Crippen molar-refractivity contribution in [3.63, 3.8) is 0 Å². The van der Waals surface area contributed by atoms with Gasteiger partial charge in [0, 0.05) is 13.1 Å². The largest absolute Gasteiger partial charge is 0.492 e. The van der Waals surface area contributed by atoms with Crippen molar-refractivity contribution in [1.29, 1.82) is 0 Å². The summed E-state index contributed by atoms with van der Waals surface area (Å²) in [5.74, 6) is 0.809. The van der Waals surface area contributed by atoms with E-state index in [9.17, 15) is 13.2 Å². The number of ether oxygens (including phenoxy) is 2. The summed E-state index contributed by atoms with van der Waals surface area (Å²) in [5, 5.41) is 2.84. The molecule has 0 spiro atoms. The third kappa shape index (κ3) is 6.61. The Bertz CT molecular complexity index is 1210. The van der Waals surface area contributed by atoms with Crippen LogP contribution in [0.25, 0.3) is 0 Å². The lowest BCUT2D eigenvalue weighted by Crippen LogP contribution is -2.35. The fourth-order valence-corrected chi connectivity index (χ4v) is 5.42. The smallest absolute Gasteiger partial charge is 0.255 e. The van der Waals surface area contributed by atoms with Crippen molar-refractivity contribution in [1.82, 2.24) is 9.62 Å². The molecule has 1 N–H and O–H groups in total. The summed E-state index contributed by atoms with van der Waals surface area (Å²) < 4.78 is 38.6. The first kappa shape index (κ1) is 24.8. The van der Waals surface area contributed by atoms with Gasteiger partial charge < -0.3 is 14.8 Å². The van der Waals surface area contributed by atoms with Gasteiger partial charge in [-0.25, -0.2) is 8.42 Å². The lowest BCUT2D eigenvalue weighted by Gasteiger charge is -2.25. The number of hydrogen-bond donors (Lipinski definition) is 1. The number of nitrogens with zero attached hydrogens (tertiary/aromatic N) is 1. The molecule has 3 aromatic carbocycles. The third-order valence-electron chi connectivity index (χ3n) is 5.80. The second-order valence-electron chi connectivity index (χ2n) is 8.31. The van der Waals surface area contributed by atoms with Crippen LogP contribution in [0.2, 0.25) is 0 Å². The molecule has 0 unspecified atom stereocenters. The molecule has 8 heteroatoms. The zero-order valence-electron chi connectivity index (χ0n) is 19.6. The standard InChI is InChI=1S/C27H30N2O5S/c30-27(25-11-5-6-12-26(25)34-21-22-9-3-1-4-10-22)28-17-20-33-23-13-15-24(16-14-23)35(31,32)29-18-7-2-8-19-29/h1,3-6,9-16H,2,7-8,17-21H2,(H,28,30). The minimum absolute atomic E-state index is 0.247. The Morgan fingerprint density at radius 1 is 0.829 bits per heavy atom. The maximum Gasteiger partial charge on any atom is 0.255 e. The first-order valence-corrected chi connectivity index (χ1v) is 13.2. The molecule has 0 saturated carbocycles. The topological polar surface area (TPSA) is 84.9 Å². The van der Waals surface area contributed by atoms with Crippen LogP contribution in [0.4, 0.5) is 0 Å². The maximum atomic E-state index is 12.8. The summed E-state index contributed by atoms with van der Waals surface area (Å²) >= 11 is 0. The summed E-state index contributed by atoms with van der Waals surface area (Å²) in [4.78, 5) is 12.9. The zero-order chi connectivity index (χ0) is 24.5. The minimum atomic E-state index is -3.46. The van der Waals surface area contributed by atoms with Crippen LogP contribution in [-0.4, -0.2) is 44.9 Å². The Balaban J connectivity index is 1.26. The Morgan fingerprint density at radius 3 is 2.26 bits per heavy atom. The number of carbonyl (C=O) groups is 1. The lowest BCUT2D eigenvalue weighted by molar-refractivity contribution is 0.0942. The van der Waals surface area contributed by atoms with Gasteiger partial charge in [0.2, 0.25) is 10.0 Å². The molecular formula is C27H30N2O5S. The summed E-state index contributed by atoms with van der Waals surface area (Å²) in [7, 11) is -3.46. The minimum Gasteiger partial charge on any atom is -0.492 e. The molecule has 0 atom stereocenters. The Hall–Kier alpha value is -3.36. The van der Waals surface area contributed by atoms with Gasteiger partial charge in [0.1, 0.15) is 24.7 Å². The quantitative estimate of drug-likeness (QED) is 0.426. The molecule has 3 aromatic rings. The van der Waals surface area contributed by atoms with E-state index in [1.165, 1.54) is 0 Å². The molecule has 1 aliphatic heterocycles. The number of amides is 1. The van der Waals surface area contributed by atoms with E-state index in [1.807, 2.05) is 36.4 Å². The fourth-order valence-electron chi connectivity index (χ4n) is 3.91. The van der Waals surface area contributed by atoms with E-state index in [2.05, 4.69) is 5.32 Å². The molecule has 35 heavy (non-hydrogen) atoms. The highest BCUT2D eigenvalue weighted by Crippen LogP contribution is 2.23. The molecule has 4 rings (SSSR count). The van der Waals surface area contributed by atoms with Gasteiger partial charge >= 0.3 is 0 Å². The number of rotatable bonds is 10. The van der Waals surface area contributed by atoms with Gasteiger partial charge in [0.05, 0.1) is 17.0 Å². The summed E-state index contributed by atoms with van der Waals surface area (Å²) in [6.07, 6.45) is 2.87. The summed E-state index contributed by atoms with van der Waals surface area (Å²) in [5.41, 5.74) is 1.47. The second-order valence-corrected chi connectivity index (χ2v) is 10.2. The highest BCUT2D eigenvalue weighted by atomic mass is 32.2. The Kier molecular flexibility index (Phi) is 8.39. The Labute approximate surface area is 206 Å². The third-order valence-corrected chi connectivity index (χ3v) is 7.71. The highest BCUT2D eigenvalue weighted by molar-refractivity contribution is 7.89. The lowest BCUT2D eigenvalue weighted by atomic mass is 10.2. The van der Waals surface area contributed by atoms with Crippen molar-refractivity contribution in [3.8, 4) is 11.5 Å². The molecule has 1 heterocycles. The van der Waals surface area contributed by atoms with E-state index in [1.54, 1.807) is 46.8 Å². The van der Waals surface area contributed by atoms with Crippen LogP contribution in [0.5, 0.6) is 11.5 Å². The normalized spacial score (nSPS) is 14.3. The zero-order valence-corrected chi connectivity index (χ0v) is 20.4. The number of benzene rings is 3. The summed E-state index contributed by atoms with van der Waals surface area (Å²) in [6, 6.07) is 23.3. The van der Waals surface area contributed by atoms with Crippen molar-refractivity contribution >= 4 is 15.9 Å². The van der Waals surface area contributed by atoms with Gasteiger partial charge in [0.15, 0.2) is 0 Å². The van der Waals surface area contributed by atoms with Crippen LogP contribution in [0.15, 0.2) is 83.8 Å². The maximum absolute atomic E-state index is 12.8. The van der Waals surface area contributed by atoms with Gasteiger partial charge in [-0.2, -0.15) is 4.31 Å². The highest BCUT2D eigenvalue weighted by Gasteiger charge is 2.25. The van der Waals surface area contributed by atoms with E-state index in [0.717, 1.165) is 24.8 Å². The van der Waals surface area contributed by atoms with Crippen molar-refractivity contribution < 1.29 is 22.7 Å². The first-order valence-electron chi connectivity index (χ1n) is 11.8. The van der Waals surface area contributed by atoms with Crippen molar-refractivity contribution in [2.45, 2.75) is 30.8 Å². The predicted molar refractivity (Wildman–Crippen MR) is 134 cm³/mol. The van der Waals surface area contributed by atoms with Crippen LogP contribution < -0.4 is 14.8 Å². The van der Waals surface area contributed by atoms with Gasteiger partial charge in [-0.1, -0.05) is 48.9 Å². The van der Waals surface area contributed by atoms with Gasteiger partial charge in [-0.3, -0.25) is 4.79 Å². The summed E-state index contributed by atoms with van der Waals surface area (Å²) in [6.45, 7) is 2.05. The van der Waals surface area contributed by atoms with E-state index in [-0.39, 0.29) is 17.4 Å². The van der Waals surface area contributed by atoms with Crippen LogP contribution >= 0.6 is 0 Å². The predicted octanol–water partition coefficient (Wildman–Crippen LogP) is 4.25. The number of piperidine rings is 1. The monoisotopic (exact) mass is 494 g/mol. The van der Waals surface area contributed by atoms with Crippen LogP contribution in [-0.2, 0) is 16.6 Å². The molecule has 0 radical (unpaired) electrons. The molecule has 1 aliphatic rings. The molecule has 1 fully saturated rings. The van der Waals surface area contributed by atoms with Crippen LogP contribution in [0.3, 0.4) is 0 Å². The van der Waals surface area contributed by atoms with E-state index >= 15 is 0 Å². The van der Waals surface area contributed by atoms with Gasteiger partial charge in [0.25, 0.3) is 5.91 Å². The van der Waals surface area contributed by atoms with E-state index < -0.39 is 10.0 Å². The molecular weight excluding hydrogens is 464 g/mol. The molecule has 7 nitrogen and oxygen atoms in total. The fraction of sp³-hybridized carbons (Fsp3) is 0.296. The molecule has 1 saturated heterocycles. The number of nitrogens with one attached hydrogen (secondary N) is 1. The number of sulfonamides is 1. The number of para-hydroxylation sites is 1. The molecule has 0 aliphatic carbocycles. The number of hydrogen-bond acceptors (Lipinski definition) is 5. The van der Waals surface area contributed by atoms with E-state index in [4.69, 9.17) is 9.47 Å².